The fraction of sp³-hybridized carbons (Fsp3) is 0.500. The molecule has 1 amide bonds. The molecule has 2 atom stereocenters. The monoisotopic (exact) mass is 323 g/mol. The molecule has 2 aliphatic rings. The Hall–Kier alpha value is -1.94. The molecule has 0 radical (unpaired) electrons. The number of hydrogen-bond donors (Lipinski definition) is 0. The molecule has 2 fully saturated rings. The predicted octanol–water partition coefficient (Wildman–Crippen LogP) is 3.07. The zero-order valence-corrected chi connectivity index (χ0v) is 14.3. The van der Waals surface area contributed by atoms with Crippen molar-refractivity contribution in [3.8, 4) is 0 Å². The van der Waals surface area contributed by atoms with E-state index in [-0.39, 0.29) is 0 Å². The molecule has 126 valence electrons. The van der Waals surface area contributed by atoms with Crippen LogP contribution in [0.5, 0.6) is 0 Å². The molecule has 1 aromatic heterocycles. The van der Waals surface area contributed by atoms with Crippen molar-refractivity contribution in [2.45, 2.75) is 38.3 Å². The Bertz CT molecular complexity index is 739. The normalized spacial score (nSPS) is 25.5. The van der Waals surface area contributed by atoms with E-state index in [4.69, 9.17) is 0 Å². The van der Waals surface area contributed by atoms with E-state index in [0.29, 0.717) is 17.9 Å². The Kier molecular flexibility index (Phi) is 4.23. The summed E-state index contributed by atoms with van der Waals surface area (Å²) < 4.78 is 0. The molecule has 0 bridgehead atoms. The van der Waals surface area contributed by atoms with Crippen molar-refractivity contribution < 1.29 is 4.79 Å². The van der Waals surface area contributed by atoms with E-state index in [9.17, 15) is 4.79 Å². The lowest BCUT2D eigenvalue weighted by Crippen LogP contribution is -2.50. The van der Waals surface area contributed by atoms with Crippen molar-refractivity contribution in [1.82, 2.24) is 14.8 Å². The fourth-order valence-corrected chi connectivity index (χ4v) is 4.44. The smallest absolute Gasteiger partial charge is 0.222 e. The third kappa shape index (κ3) is 2.91. The Morgan fingerprint density at radius 2 is 2.08 bits per heavy atom. The quantitative estimate of drug-likeness (QED) is 0.852. The van der Waals surface area contributed by atoms with Crippen LogP contribution in [0.25, 0.3) is 10.9 Å². The van der Waals surface area contributed by atoms with Crippen molar-refractivity contribution in [1.29, 1.82) is 0 Å². The average Bonchev–Trinajstić information content (AvgIpc) is 2.74. The zero-order chi connectivity index (χ0) is 16.5. The standard InChI is InChI=1S/C20H25N3O/c1-22-18-10-12-23(13-16(18)6-3-9-19(22)24)14-17-7-2-5-15-8-4-11-21-20(15)17/h2,4-5,7-8,11,16,18H,3,6,9-10,12-14H2,1H3/t16-,18+/m0/s1. The van der Waals surface area contributed by atoms with E-state index in [0.717, 1.165) is 44.4 Å². The molecule has 0 spiro atoms. The van der Waals surface area contributed by atoms with Crippen LogP contribution in [-0.4, -0.2) is 46.9 Å². The van der Waals surface area contributed by atoms with Gasteiger partial charge in [-0.05, 0) is 36.8 Å². The number of para-hydroxylation sites is 1. The molecule has 2 saturated heterocycles. The topological polar surface area (TPSA) is 36.4 Å². The van der Waals surface area contributed by atoms with Gasteiger partial charge in [-0.2, -0.15) is 0 Å². The maximum Gasteiger partial charge on any atom is 0.222 e. The highest BCUT2D eigenvalue weighted by atomic mass is 16.2. The van der Waals surface area contributed by atoms with Gasteiger partial charge in [0.05, 0.1) is 5.52 Å². The predicted molar refractivity (Wildman–Crippen MR) is 95.5 cm³/mol. The number of benzene rings is 1. The third-order valence-corrected chi connectivity index (χ3v) is 5.74. The summed E-state index contributed by atoms with van der Waals surface area (Å²) in [6.07, 6.45) is 5.89. The summed E-state index contributed by atoms with van der Waals surface area (Å²) in [5.74, 6) is 0.937. The van der Waals surface area contributed by atoms with Gasteiger partial charge < -0.3 is 4.90 Å². The van der Waals surface area contributed by atoms with Crippen LogP contribution in [0, 0.1) is 5.92 Å². The molecular formula is C20H25N3O. The molecule has 4 heteroatoms. The fourth-order valence-electron chi connectivity index (χ4n) is 4.44. The van der Waals surface area contributed by atoms with Gasteiger partial charge in [-0.3, -0.25) is 14.7 Å². The number of hydrogen-bond acceptors (Lipinski definition) is 3. The molecular weight excluding hydrogens is 298 g/mol. The maximum atomic E-state index is 12.1. The van der Waals surface area contributed by atoms with E-state index in [1.807, 2.05) is 24.2 Å². The van der Waals surface area contributed by atoms with Crippen molar-refractivity contribution in [2.24, 2.45) is 5.92 Å². The Labute approximate surface area is 143 Å². The minimum Gasteiger partial charge on any atom is -0.342 e. The molecule has 1 aromatic carbocycles. The minimum atomic E-state index is 0.328. The summed E-state index contributed by atoms with van der Waals surface area (Å²) in [7, 11) is 2.00. The van der Waals surface area contributed by atoms with Gasteiger partial charge in [0.25, 0.3) is 0 Å². The zero-order valence-electron chi connectivity index (χ0n) is 14.3. The number of carbonyl (C=O) groups excluding carboxylic acids is 1. The van der Waals surface area contributed by atoms with E-state index in [1.54, 1.807) is 0 Å². The summed E-state index contributed by atoms with van der Waals surface area (Å²) in [5, 5.41) is 1.21. The second-order valence-corrected chi connectivity index (χ2v) is 7.24. The van der Waals surface area contributed by atoms with Gasteiger partial charge in [-0.15, -0.1) is 0 Å². The number of pyridine rings is 1. The molecule has 0 saturated carbocycles. The average molecular weight is 323 g/mol. The van der Waals surface area contributed by atoms with Crippen molar-refractivity contribution in [3.05, 3.63) is 42.1 Å². The minimum absolute atomic E-state index is 0.328. The van der Waals surface area contributed by atoms with Gasteiger partial charge in [0.1, 0.15) is 0 Å². The van der Waals surface area contributed by atoms with Crippen LogP contribution >= 0.6 is 0 Å². The molecule has 3 heterocycles. The van der Waals surface area contributed by atoms with Gasteiger partial charge in [-0.25, -0.2) is 0 Å². The molecule has 2 aliphatic heterocycles. The highest BCUT2D eigenvalue weighted by Crippen LogP contribution is 2.30. The first kappa shape index (κ1) is 15.6. The van der Waals surface area contributed by atoms with Crippen LogP contribution < -0.4 is 0 Å². The van der Waals surface area contributed by atoms with Gasteiger partial charge in [0, 0.05) is 50.7 Å². The largest absolute Gasteiger partial charge is 0.342 e. The Balaban J connectivity index is 1.51. The van der Waals surface area contributed by atoms with Crippen molar-refractivity contribution in [3.63, 3.8) is 0 Å². The van der Waals surface area contributed by atoms with Gasteiger partial charge in [-0.1, -0.05) is 24.3 Å². The first-order valence-electron chi connectivity index (χ1n) is 9.03. The molecule has 2 aromatic rings. The highest BCUT2D eigenvalue weighted by molar-refractivity contribution is 5.81. The number of piperidine rings is 1. The lowest BCUT2D eigenvalue weighted by molar-refractivity contribution is -0.132. The van der Waals surface area contributed by atoms with E-state index < -0.39 is 0 Å². The molecule has 4 rings (SSSR count). The van der Waals surface area contributed by atoms with Crippen LogP contribution in [0.4, 0.5) is 0 Å². The third-order valence-electron chi connectivity index (χ3n) is 5.74. The summed E-state index contributed by atoms with van der Waals surface area (Å²) >= 11 is 0. The maximum absolute atomic E-state index is 12.1. The van der Waals surface area contributed by atoms with Crippen LogP contribution in [0.3, 0.4) is 0 Å². The summed E-state index contributed by atoms with van der Waals surface area (Å²) in [6.45, 7) is 3.10. The number of carbonyl (C=O) groups is 1. The summed E-state index contributed by atoms with van der Waals surface area (Å²) in [5.41, 5.74) is 2.43. The molecule has 0 N–H and O–H groups in total. The highest BCUT2D eigenvalue weighted by Gasteiger charge is 2.35. The van der Waals surface area contributed by atoms with Crippen LogP contribution in [0.1, 0.15) is 31.2 Å². The Morgan fingerprint density at radius 1 is 1.21 bits per heavy atom. The van der Waals surface area contributed by atoms with Gasteiger partial charge in [0.2, 0.25) is 5.91 Å². The van der Waals surface area contributed by atoms with E-state index in [2.05, 4.69) is 34.1 Å². The van der Waals surface area contributed by atoms with Crippen LogP contribution in [0.2, 0.25) is 0 Å². The number of rotatable bonds is 2. The lowest BCUT2D eigenvalue weighted by atomic mass is 9.88. The first-order chi connectivity index (χ1) is 11.7. The van der Waals surface area contributed by atoms with Gasteiger partial charge in [0.15, 0.2) is 0 Å². The first-order valence-corrected chi connectivity index (χ1v) is 9.03. The van der Waals surface area contributed by atoms with E-state index >= 15 is 0 Å². The number of likely N-dealkylation sites (tertiary alicyclic amines) is 2. The number of aromatic nitrogens is 1. The summed E-state index contributed by atoms with van der Waals surface area (Å²) in [4.78, 5) is 21.2. The van der Waals surface area contributed by atoms with Crippen molar-refractivity contribution >= 4 is 16.8 Å². The van der Waals surface area contributed by atoms with Crippen LogP contribution in [0.15, 0.2) is 36.5 Å². The van der Waals surface area contributed by atoms with Crippen molar-refractivity contribution in [2.75, 3.05) is 20.1 Å². The second kappa shape index (κ2) is 6.52. The lowest BCUT2D eigenvalue weighted by Gasteiger charge is -2.41. The number of nitrogens with zero attached hydrogens (tertiary/aromatic N) is 3. The Morgan fingerprint density at radius 3 is 3.00 bits per heavy atom. The second-order valence-electron chi connectivity index (χ2n) is 7.24. The molecule has 24 heavy (non-hydrogen) atoms. The van der Waals surface area contributed by atoms with E-state index in [1.165, 1.54) is 17.4 Å². The summed E-state index contributed by atoms with van der Waals surface area (Å²) in [6, 6.07) is 11.0. The molecule has 4 nitrogen and oxygen atoms in total. The molecule has 0 unspecified atom stereocenters. The SMILES string of the molecule is CN1C(=O)CCC[C@H]2CN(Cc3cccc4cccnc34)CC[C@H]21. The molecule has 0 aliphatic carbocycles. The number of amides is 1. The van der Waals surface area contributed by atoms with Crippen LogP contribution in [-0.2, 0) is 11.3 Å². The van der Waals surface area contributed by atoms with Gasteiger partial charge >= 0.3 is 0 Å². The number of fused-ring (bicyclic) bond motifs is 2.